The minimum absolute atomic E-state index is 0.150. The summed E-state index contributed by atoms with van der Waals surface area (Å²) in [5.74, 6) is 1.37. The Hall–Kier alpha value is -1.36. The SMILES string of the molecule is CCc1nccn1[C@@H]1CCCN(C(=O)C[C@H]2CCCO2)C1. The van der Waals surface area contributed by atoms with Crippen LogP contribution >= 0.6 is 0 Å². The minimum Gasteiger partial charge on any atom is -0.378 e. The fourth-order valence-corrected chi connectivity index (χ4v) is 3.49. The van der Waals surface area contributed by atoms with Crippen LogP contribution in [0.25, 0.3) is 0 Å². The number of carbonyl (C=O) groups excluding carboxylic acids is 1. The summed E-state index contributed by atoms with van der Waals surface area (Å²) in [6, 6.07) is 0.379. The topological polar surface area (TPSA) is 47.4 Å². The molecule has 5 nitrogen and oxygen atoms in total. The van der Waals surface area contributed by atoms with Gasteiger partial charge in [-0.05, 0) is 25.7 Å². The van der Waals surface area contributed by atoms with Gasteiger partial charge in [0.15, 0.2) is 0 Å². The van der Waals surface area contributed by atoms with Crippen LogP contribution in [-0.4, -0.2) is 46.2 Å². The highest BCUT2D eigenvalue weighted by atomic mass is 16.5. The van der Waals surface area contributed by atoms with Gasteiger partial charge in [0.05, 0.1) is 18.6 Å². The fraction of sp³-hybridized carbons (Fsp3) is 0.750. The van der Waals surface area contributed by atoms with E-state index in [4.69, 9.17) is 4.74 Å². The smallest absolute Gasteiger partial charge is 0.225 e. The van der Waals surface area contributed by atoms with Crippen LogP contribution in [0, 0.1) is 0 Å². The molecule has 0 unspecified atom stereocenters. The first-order valence-corrected chi connectivity index (χ1v) is 8.19. The second-order valence-corrected chi connectivity index (χ2v) is 6.08. The van der Waals surface area contributed by atoms with Crippen molar-refractivity contribution in [3.63, 3.8) is 0 Å². The van der Waals surface area contributed by atoms with Crippen molar-refractivity contribution in [2.75, 3.05) is 19.7 Å². The zero-order valence-corrected chi connectivity index (χ0v) is 12.8. The van der Waals surface area contributed by atoms with Crippen molar-refractivity contribution in [3.05, 3.63) is 18.2 Å². The van der Waals surface area contributed by atoms with Gasteiger partial charge in [0.2, 0.25) is 5.91 Å². The summed E-state index contributed by atoms with van der Waals surface area (Å²) < 4.78 is 7.84. The molecule has 0 aromatic carbocycles. The van der Waals surface area contributed by atoms with Crippen LogP contribution in [0.5, 0.6) is 0 Å². The standard InChI is InChI=1S/C16H25N3O2/c1-2-15-17-7-9-19(15)13-5-3-8-18(12-13)16(20)11-14-6-4-10-21-14/h7,9,13-14H,2-6,8,10-12H2,1H3/t13-,14-/m1/s1. The predicted octanol–water partition coefficient (Wildman–Crippen LogP) is 2.18. The Balaban J connectivity index is 1.61. The summed E-state index contributed by atoms with van der Waals surface area (Å²) in [6.07, 6.45) is 9.89. The number of amides is 1. The van der Waals surface area contributed by atoms with Gasteiger partial charge in [-0.25, -0.2) is 4.98 Å². The molecule has 2 aliphatic rings. The molecule has 116 valence electrons. The Bertz CT molecular complexity index is 480. The molecule has 2 fully saturated rings. The second-order valence-electron chi connectivity index (χ2n) is 6.08. The maximum absolute atomic E-state index is 12.4. The zero-order valence-electron chi connectivity index (χ0n) is 12.8. The first-order valence-electron chi connectivity index (χ1n) is 8.19. The van der Waals surface area contributed by atoms with Gasteiger partial charge in [0, 0.05) is 38.5 Å². The van der Waals surface area contributed by atoms with Gasteiger partial charge in [-0.3, -0.25) is 4.79 Å². The Labute approximate surface area is 126 Å². The van der Waals surface area contributed by atoms with Gasteiger partial charge in [0.25, 0.3) is 0 Å². The Kier molecular flexibility index (Phi) is 4.58. The Morgan fingerprint density at radius 3 is 3.10 bits per heavy atom. The van der Waals surface area contributed by atoms with Crippen molar-refractivity contribution in [1.82, 2.24) is 14.5 Å². The summed E-state index contributed by atoms with van der Waals surface area (Å²) in [5, 5.41) is 0. The van der Waals surface area contributed by atoms with Crippen LogP contribution in [0.15, 0.2) is 12.4 Å². The molecule has 0 spiro atoms. The van der Waals surface area contributed by atoms with Crippen LogP contribution in [-0.2, 0) is 16.0 Å². The van der Waals surface area contributed by atoms with Crippen LogP contribution in [0.3, 0.4) is 0 Å². The van der Waals surface area contributed by atoms with Crippen molar-refractivity contribution in [3.8, 4) is 0 Å². The Morgan fingerprint density at radius 2 is 2.33 bits per heavy atom. The van der Waals surface area contributed by atoms with Gasteiger partial charge in [-0.2, -0.15) is 0 Å². The summed E-state index contributed by atoms with van der Waals surface area (Å²) >= 11 is 0. The zero-order chi connectivity index (χ0) is 14.7. The molecule has 2 atom stereocenters. The highest BCUT2D eigenvalue weighted by Gasteiger charge is 2.28. The average Bonchev–Trinajstić information content (AvgIpc) is 3.18. The predicted molar refractivity (Wildman–Crippen MR) is 80.0 cm³/mol. The number of hydrogen-bond donors (Lipinski definition) is 0. The number of aryl methyl sites for hydroxylation is 1. The van der Waals surface area contributed by atoms with E-state index >= 15 is 0 Å². The molecular weight excluding hydrogens is 266 g/mol. The summed E-state index contributed by atoms with van der Waals surface area (Å²) in [4.78, 5) is 18.9. The van der Waals surface area contributed by atoms with E-state index in [1.54, 1.807) is 0 Å². The van der Waals surface area contributed by atoms with Gasteiger partial charge in [-0.1, -0.05) is 6.92 Å². The molecule has 2 aliphatic heterocycles. The van der Waals surface area contributed by atoms with Crippen LogP contribution in [0.1, 0.15) is 50.9 Å². The Morgan fingerprint density at radius 1 is 1.43 bits per heavy atom. The number of nitrogens with zero attached hydrogens (tertiary/aromatic N) is 3. The van der Waals surface area contributed by atoms with E-state index in [0.29, 0.717) is 12.5 Å². The third-order valence-corrected chi connectivity index (χ3v) is 4.63. The van der Waals surface area contributed by atoms with E-state index in [1.807, 2.05) is 11.1 Å². The van der Waals surface area contributed by atoms with Gasteiger partial charge < -0.3 is 14.2 Å². The van der Waals surface area contributed by atoms with E-state index in [0.717, 1.165) is 57.6 Å². The first-order chi connectivity index (χ1) is 10.3. The molecule has 2 saturated heterocycles. The molecule has 0 saturated carbocycles. The molecule has 3 rings (SSSR count). The third kappa shape index (κ3) is 3.28. The van der Waals surface area contributed by atoms with Gasteiger partial charge in [0.1, 0.15) is 5.82 Å². The van der Waals surface area contributed by atoms with Crippen molar-refractivity contribution >= 4 is 5.91 Å². The summed E-state index contributed by atoms with van der Waals surface area (Å²) in [5.41, 5.74) is 0. The van der Waals surface area contributed by atoms with Crippen molar-refractivity contribution in [1.29, 1.82) is 0 Å². The van der Waals surface area contributed by atoms with E-state index in [2.05, 4.69) is 22.7 Å². The van der Waals surface area contributed by atoms with Crippen molar-refractivity contribution in [2.45, 2.75) is 57.6 Å². The maximum Gasteiger partial charge on any atom is 0.225 e. The molecule has 1 aromatic heterocycles. The quantitative estimate of drug-likeness (QED) is 0.854. The number of piperidine rings is 1. The van der Waals surface area contributed by atoms with Gasteiger partial charge in [-0.15, -0.1) is 0 Å². The number of imidazole rings is 1. The normalized spacial score (nSPS) is 26.2. The lowest BCUT2D eigenvalue weighted by Gasteiger charge is -2.34. The molecule has 1 amide bonds. The monoisotopic (exact) mass is 291 g/mol. The lowest BCUT2D eigenvalue weighted by Crippen LogP contribution is -2.42. The number of rotatable bonds is 4. The first kappa shape index (κ1) is 14.6. The van der Waals surface area contributed by atoms with E-state index in [1.165, 1.54) is 0 Å². The number of hydrogen-bond acceptors (Lipinski definition) is 3. The van der Waals surface area contributed by atoms with Crippen molar-refractivity contribution in [2.24, 2.45) is 0 Å². The average molecular weight is 291 g/mol. The molecule has 0 aliphatic carbocycles. The molecular formula is C16H25N3O2. The van der Waals surface area contributed by atoms with Crippen molar-refractivity contribution < 1.29 is 9.53 Å². The third-order valence-electron chi connectivity index (χ3n) is 4.63. The van der Waals surface area contributed by atoms with Gasteiger partial charge >= 0.3 is 0 Å². The van der Waals surface area contributed by atoms with E-state index in [9.17, 15) is 4.79 Å². The molecule has 0 bridgehead atoms. The molecule has 0 N–H and O–H groups in total. The maximum atomic E-state index is 12.4. The highest BCUT2D eigenvalue weighted by molar-refractivity contribution is 5.76. The molecule has 5 heteroatoms. The number of likely N-dealkylation sites (tertiary alicyclic amines) is 1. The van der Waals surface area contributed by atoms with E-state index in [-0.39, 0.29) is 12.0 Å². The minimum atomic E-state index is 0.150. The molecule has 21 heavy (non-hydrogen) atoms. The summed E-state index contributed by atoms with van der Waals surface area (Å²) in [6.45, 7) is 4.64. The molecule has 3 heterocycles. The lowest BCUT2D eigenvalue weighted by molar-refractivity contribution is -0.135. The lowest BCUT2D eigenvalue weighted by atomic mass is 10.0. The fourth-order valence-electron chi connectivity index (χ4n) is 3.49. The molecule has 1 aromatic rings. The molecule has 0 radical (unpaired) electrons. The highest BCUT2D eigenvalue weighted by Crippen LogP contribution is 2.25. The second kappa shape index (κ2) is 6.60. The summed E-state index contributed by atoms with van der Waals surface area (Å²) in [7, 11) is 0. The van der Waals surface area contributed by atoms with Crippen LogP contribution in [0.4, 0.5) is 0 Å². The number of carbonyl (C=O) groups is 1. The van der Waals surface area contributed by atoms with Crippen LogP contribution in [0.2, 0.25) is 0 Å². The largest absolute Gasteiger partial charge is 0.378 e. The van der Waals surface area contributed by atoms with Crippen LogP contribution < -0.4 is 0 Å². The van der Waals surface area contributed by atoms with E-state index < -0.39 is 0 Å². The number of ether oxygens (including phenoxy) is 1. The number of aromatic nitrogens is 2.